The van der Waals surface area contributed by atoms with Gasteiger partial charge in [0.1, 0.15) is 11.5 Å². The van der Waals surface area contributed by atoms with Gasteiger partial charge in [0.15, 0.2) is 0 Å². The Morgan fingerprint density at radius 1 is 1.30 bits per heavy atom. The van der Waals surface area contributed by atoms with Crippen LogP contribution in [0.4, 0.5) is 0 Å². The third-order valence-electron chi connectivity index (χ3n) is 4.19. The molecule has 0 saturated heterocycles. The largest absolute Gasteiger partial charge is 0.493 e. The lowest BCUT2D eigenvalue weighted by Gasteiger charge is -2.18. The molecule has 0 unspecified atom stereocenters. The number of fused-ring (bicyclic) bond motifs is 2. The number of hydrogen-bond acceptors (Lipinski definition) is 3. The van der Waals surface area contributed by atoms with Crippen LogP contribution < -0.4 is 9.47 Å². The summed E-state index contributed by atoms with van der Waals surface area (Å²) >= 11 is 0. The van der Waals surface area contributed by atoms with Crippen molar-refractivity contribution < 1.29 is 14.3 Å². The SMILES string of the molecule is CCC(=O)N(C)CCc1c2c(cc3c1OCC3)OCC2. The Kier molecular flexibility index (Phi) is 3.55. The molecule has 0 N–H and O–H groups in total. The maximum absolute atomic E-state index is 11.7. The Labute approximate surface area is 119 Å². The quantitative estimate of drug-likeness (QED) is 0.843. The zero-order valence-corrected chi connectivity index (χ0v) is 12.2. The molecule has 1 amide bonds. The minimum absolute atomic E-state index is 0.186. The Morgan fingerprint density at radius 3 is 2.90 bits per heavy atom. The highest BCUT2D eigenvalue weighted by atomic mass is 16.5. The number of carbonyl (C=O) groups is 1. The molecule has 0 atom stereocenters. The van der Waals surface area contributed by atoms with Crippen molar-refractivity contribution in [3.8, 4) is 11.5 Å². The minimum Gasteiger partial charge on any atom is -0.493 e. The second kappa shape index (κ2) is 5.35. The van der Waals surface area contributed by atoms with E-state index >= 15 is 0 Å². The van der Waals surface area contributed by atoms with Gasteiger partial charge < -0.3 is 14.4 Å². The summed E-state index contributed by atoms with van der Waals surface area (Å²) in [6, 6.07) is 2.13. The van der Waals surface area contributed by atoms with Crippen LogP contribution in [0.15, 0.2) is 6.07 Å². The van der Waals surface area contributed by atoms with E-state index in [-0.39, 0.29) is 5.91 Å². The average molecular weight is 275 g/mol. The van der Waals surface area contributed by atoms with Crippen molar-refractivity contribution in [3.63, 3.8) is 0 Å². The first kappa shape index (κ1) is 13.3. The van der Waals surface area contributed by atoms with Crippen LogP contribution >= 0.6 is 0 Å². The van der Waals surface area contributed by atoms with Crippen LogP contribution in [0.2, 0.25) is 0 Å². The summed E-state index contributed by atoms with van der Waals surface area (Å²) in [6.45, 7) is 4.15. The minimum atomic E-state index is 0.186. The number of benzene rings is 1. The molecule has 2 aliphatic heterocycles. The van der Waals surface area contributed by atoms with E-state index < -0.39 is 0 Å². The van der Waals surface area contributed by atoms with Crippen molar-refractivity contribution in [2.45, 2.75) is 32.6 Å². The van der Waals surface area contributed by atoms with Crippen LogP contribution in [0.25, 0.3) is 0 Å². The van der Waals surface area contributed by atoms with E-state index in [2.05, 4.69) is 6.07 Å². The topological polar surface area (TPSA) is 38.8 Å². The van der Waals surface area contributed by atoms with E-state index in [1.807, 2.05) is 14.0 Å². The molecule has 4 heteroatoms. The standard InChI is InChI=1S/C16H21NO3/c1-3-15(18)17(2)7-4-13-12-6-9-19-14(12)10-11-5-8-20-16(11)13/h10H,3-9H2,1-2H3. The van der Waals surface area contributed by atoms with Crippen LogP contribution in [0.3, 0.4) is 0 Å². The summed E-state index contributed by atoms with van der Waals surface area (Å²) in [5, 5.41) is 0. The lowest BCUT2D eigenvalue weighted by Crippen LogP contribution is -2.28. The molecule has 2 aliphatic rings. The van der Waals surface area contributed by atoms with Gasteiger partial charge in [-0.25, -0.2) is 0 Å². The molecular weight excluding hydrogens is 254 g/mol. The Balaban J connectivity index is 1.84. The molecule has 0 spiro atoms. The predicted molar refractivity (Wildman–Crippen MR) is 76.5 cm³/mol. The summed E-state index contributed by atoms with van der Waals surface area (Å²) in [7, 11) is 1.87. The number of hydrogen-bond donors (Lipinski definition) is 0. The second-order valence-electron chi connectivity index (χ2n) is 5.44. The average Bonchev–Trinajstić information content (AvgIpc) is 3.10. The maximum atomic E-state index is 11.7. The Hall–Kier alpha value is -1.71. The highest BCUT2D eigenvalue weighted by Gasteiger charge is 2.26. The van der Waals surface area contributed by atoms with Crippen LogP contribution in [0, 0.1) is 0 Å². The zero-order chi connectivity index (χ0) is 14.1. The lowest BCUT2D eigenvalue weighted by atomic mass is 9.97. The van der Waals surface area contributed by atoms with Crippen molar-refractivity contribution >= 4 is 5.91 Å². The van der Waals surface area contributed by atoms with Crippen LogP contribution in [-0.2, 0) is 24.1 Å². The molecule has 1 aromatic rings. The zero-order valence-electron chi connectivity index (χ0n) is 12.2. The van der Waals surface area contributed by atoms with E-state index in [1.165, 1.54) is 16.7 Å². The highest BCUT2D eigenvalue weighted by Crippen LogP contribution is 2.40. The van der Waals surface area contributed by atoms with Gasteiger partial charge in [-0.1, -0.05) is 6.92 Å². The van der Waals surface area contributed by atoms with E-state index in [0.717, 1.165) is 50.5 Å². The molecule has 2 heterocycles. The molecule has 1 aromatic carbocycles. The van der Waals surface area contributed by atoms with E-state index in [0.29, 0.717) is 6.42 Å². The van der Waals surface area contributed by atoms with Gasteiger partial charge in [0, 0.05) is 49.5 Å². The van der Waals surface area contributed by atoms with Gasteiger partial charge in [0.25, 0.3) is 0 Å². The molecule has 108 valence electrons. The molecule has 3 rings (SSSR count). The van der Waals surface area contributed by atoms with Gasteiger partial charge in [0.05, 0.1) is 13.2 Å². The second-order valence-corrected chi connectivity index (χ2v) is 5.44. The fraction of sp³-hybridized carbons (Fsp3) is 0.562. The molecule has 4 nitrogen and oxygen atoms in total. The smallest absolute Gasteiger partial charge is 0.222 e. The summed E-state index contributed by atoms with van der Waals surface area (Å²) in [4.78, 5) is 13.5. The maximum Gasteiger partial charge on any atom is 0.222 e. The molecular formula is C16H21NO3. The fourth-order valence-corrected chi connectivity index (χ4v) is 3.02. The predicted octanol–water partition coefficient (Wildman–Crippen LogP) is 1.97. The lowest BCUT2D eigenvalue weighted by molar-refractivity contribution is -0.129. The van der Waals surface area contributed by atoms with Crippen LogP contribution in [0.1, 0.15) is 30.0 Å². The Morgan fingerprint density at radius 2 is 2.10 bits per heavy atom. The van der Waals surface area contributed by atoms with Gasteiger partial charge >= 0.3 is 0 Å². The number of amides is 1. The van der Waals surface area contributed by atoms with Gasteiger partial charge in [-0.2, -0.15) is 0 Å². The third kappa shape index (κ3) is 2.23. The van der Waals surface area contributed by atoms with Gasteiger partial charge in [-0.3, -0.25) is 4.79 Å². The first-order chi connectivity index (χ1) is 9.70. The third-order valence-corrected chi connectivity index (χ3v) is 4.19. The summed E-state index contributed by atoms with van der Waals surface area (Å²) < 4.78 is 11.5. The van der Waals surface area contributed by atoms with Crippen LogP contribution in [-0.4, -0.2) is 37.6 Å². The van der Waals surface area contributed by atoms with Crippen molar-refractivity contribution in [1.82, 2.24) is 4.90 Å². The first-order valence-corrected chi connectivity index (χ1v) is 7.38. The van der Waals surface area contributed by atoms with Gasteiger partial charge in [-0.15, -0.1) is 0 Å². The van der Waals surface area contributed by atoms with Crippen molar-refractivity contribution in [2.75, 3.05) is 26.8 Å². The molecule has 0 fully saturated rings. The van der Waals surface area contributed by atoms with Crippen molar-refractivity contribution in [2.24, 2.45) is 0 Å². The normalized spacial score (nSPS) is 15.3. The first-order valence-electron chi connectivity index (χ1n) is 7.38. The van der Waals surface area contributed by atoms with Gasteiger partial charge in [0.2, 0.25) is 5.91 Å². The van der Waals surface area contributed by atoms with E-state index in [1.54, 1.807) is 4.90 Å². The molecule has 0 aromatic heterocycles. The molecule has 0 radical (unpaired) electrons. The summed E-state index contributed by atoms with van der Waals surface area (Å²) in [6.07, 6.45) is 3.31. The number of nitrogens with zero attached hydrogens (tertiary/aromatic N) is 1. The molecule has 0 aliphatic carbocycles. The van der Waals surface area contributed by atoms with E-state index in [4.69, 9.17) is 9.47 Å². The monoisotopic (exact) mass is 275 g/mol. The number of ether oxygens (including phenoxy) is 2. The van der Waals surface area contributed by atoms with Crippen molar-refractivity contribution in [3.05, 3.63) is 22.8 Å². The number of rotatable bonds is 4. The Bertz CT molecular complexity index is 507. The van der Waals surface area contributed by atoms with E-state index in [9.17, 15) is 4.79 Å². The number of carbonyl (C=O) groups excluding carboxylic acids is 1. The summed E-state index contributed by atoms with van der Waals surface area (Å²) in [5.41, 5.74) is 3.79. The fourth-order valence-electron chi connectivity index (χ4n) is 3.02. The molecule has 20 heavy (non-hydrogen) atoms. The van der Waals surface area contributed by atoms with Crippen molar-refractivity contribution in [1.29, 1.82) is 0 Å². The van der Waals surface area contributed by atoms with Gasteiger partial charge in [-0.05, 0) is 12.5 Å². The number of likely N-dealkylation sites (N-methyl/N-ethyl adjacent to an activating group) is 1. The van der Waals surface area contributed by atoms with Crippen LogP contribution in [0.5, 0.6) is 11.5 Å². The molecule has 0 bridgehead atoms. The molecule has 0 saturated carbocycles. The highest BCUT2D eigenvalue weighted by molar-refractivity contribution is 5.75. The summed E-state index contributed by atoms with van der Waals surface area (Å²) in [5.74, 6) is 2.26.